The van der Waals surface area contributed by atoms with Crippen molar-refractivity contribution in [1.82, 2.24) is 5.32 Å². The lowest BCUT2D eigenvalue weighted by molar-refractivity contribution is -0.131. The first-order chi connectivity index (χ1) is 7.59. The number of rotatable bonds is 5. The molecule has 4 heteroatoms. The maximum Gasteiger partial charge on any atom is 0.252 e. The lowest BCUT2D eigenvalue weighted by Gasteiger charge is -2.14. The van der Waals surface area contributed by atoms with Crippen molar-refractivity contribution in [2.75, 3.05) is 6.61 Å². The van der Waals surface area contributed by atoms with Crippen LogP contribution < -0.4 is 10.1 Å². The van der Waals surface area contributed by atoms with E-state index in [-0.39, 0.29) is 12.6 Å². The van der Waals surface area contributed by atoms with Crippen molar-refractivity contribution in [3.63, 3.8) is 0 Å². The SMILES string of the molecule is CC(C)NC(=O)C(O)COc1ccccc1. The molecule has 0 aromatic heterocycles. The van der Waals surface area contributed by atoms with Gasteiger partial charge in [-0.2, -0.15) is 0 Å². The number of carbonyl (C=O) groups excluding carboxylic acids is 1. The van der Waals surface area contributed by atoms with E-state index in [9.17, 15) is 9.90 Å². The van der Waals surface area contributed by atoms with E-state index in [0.29, 0.717) is 5.75 Å². The summed E-state index contributed by atoms with van der Waals surface area (Å²) in [5, 5.41) is 12.1. The Bertz CT molecular complexity index is 324. The van der Waals surface area contributed by atoms with Crippen LogP contribution >= 0.6 is 0 Å². The molecule has 1 atom stereocenters. The largest absolute Gasteiger partial charge is 0.490 e. The number of carbonyl (C=O) groups is 1. The first-order valence-corrected chi connectivity index (χ1v) is 5.26. The fraction of sp³-hybridized carbons (Fsp3) is 0.417. The summed E-state index contributed by atoms with van der Waals surface area (Å²) >= 11 is 0. The van der Waals surface area contributed by atoms with Crippen LogP contribution in [-0.4, -0.2) is 29.8 Å². The number of amides is 1. The van der Waals surface area contributed by atoms with Crippen molar-refractivity contribution in [3.8, 4) is 5.75 Å². The zero-order chi connectivity index (χ0) is 12.0. The smallest absolute Gasteiger partial charge is 0.252 e. The maximum atomic E-state index is 11.3. The molecule has 0 saturated heterocycles. The van der Waals surface area contributed by atoms with Crippen LogP contribution in [0, 0.1) is 0 Å². The fourth-order valence-electron chi connectivity index (χ4n) is 1.15. The Kier molecular flexibility index (Phi) is 4.79. The van der Waals surface area contributed by atoms with Gasteiger partial charge in [0.25, 0.3) is 5.91 Å². The third-order valence-electron chi connectivity index (χ3n) is 1.88. The molecule has 0 heterocycles. The summed E-state index contributed by atoms with van der Waals surface area (Å²) in [7, 11) is 0. The Hall–Kier alpha value is -1.55. The van der Waals surface area contributed by atoms with Crippen molar-refractivity contribution in [2.45, 2.75) is 26.0 Å². The highest BCUT2D eigenvalue weighted by atomic mass is 16.5. The number of hydrogen-bond acceptors (Lipinski definition) is 3. The van der Waals surface area contributed by atoms with Gasteiger partial charge in [0.1, 0.15) is 12.4 Å². The van der Waals surface area contributed by atoms with E-state index in [4.69, 9.17) is 4.74 Å². The van der Waals surface area contributed by atoms with Gasteiger partial charge in [-0.05, 0) is 26.0 Å². The molecule has 1 amide bonds. The van der Waals surface area contributed by atoms with Crippen LogP contribution in [-0.2, 0) is 4.79 Å². The van der Waals surface area contributed by atoms with Crippen LogP contribution in [0.15, 0.2) is 30.3 Å². The van der Waals surface area contributed by atoms with E-state index in [1.54, 1.807) is 12.1 Å². The molecule has 1 aromatic rings. The average Bonchev–Trinajstić information content (AvgIpc) is 2.26. The van der Waals surface area contributed by atoms with Crippen LogP contribution in [0.4, 0.5) is 0 Å². The first kappa shape index (κ1) is 12.5. The summed E-state index contributed by atoms with van der Waals surface area (Å²) in [6, 6.07) is 9.08. The minimum Gasteiger partial charge on any atom is -0.490 e. The van der Waals surface area contributed by atoms with Crippen molar-refractivity contribution in [1.29, 1.82) is 0 Å². The van der Waals surface area contributed by atoms with Crippen molar-refractivity contribution in [3.05, 3.63) is 30.3 Å². The van der Waals surface area contributed by atoms with Crippen LogP contribution in [0.5, 0.6) is 5.75 Å². The molecule has 0 spiro atoms. The van der Waals surface area contributed by atoms with Crippen molar-refractivity contribution in [2.24, 2.45) is 0 Å². The van der Waals surface area contributed by atoms with Gasteiger partial charge in [-0.3, -0.25) is 4.79 Å². The lowest BCUT2D eigenvalue weighted by atomic mass is 10.3. The quantitative estimate of drug-likeness (QED) is 0.781. The maximum absolute atomic E-state index is 11.3. The molecule has 2 N–H and O–H groups in total. The molecule has 4 nitrogen and oxygen atoms in total. The second-order valence-electron chi connectivity index (χ2n) is 3.80. The molecular formula is C12H17NO3. The van der Waals surface area contributed by atoms with Crippen LogP contribution in [0.1, 0.15) is 13.8 Å². The number of nitrogens with one attached hydrogen (secondary N) is 1. The molecule has 0 aliphatic rings. The zero-order valence-corrected chi connectivity index (χ0v) is 9.51. The zero-order valence-electron chi connectivity index (χ0n) is 9.51. The topological polar surface area (TPSA) is 58.6 Å². The molecule has 1 aromatic carbocycles. The second kappa shape index (κ2) is 6.12. The van der Waals surface area contributed by atoms with Gasteiger partial charge in [0.2, 0.25) is 0 Å². The summed E-state index contributed by atoms with van der Waals surface area (Å²) < 4.78 is 5.26. The molecule has 0 fully saturated rings. The number of para-hydroxylation sites is 1. The van der Waals surface area contributed by atoms with Crippen LogP contribution in [0.2, 0.25) is 0 Å². The minimum atomic E-state index is -1.14. The molecule has 16 heavy (non-hydrogen) atoms. The molecule has 0 radical (unpaired) electrons. The molecular weight excluding hydrogens is 206 g/mol. The van der Waals surface area contributed by atoms with Gasteiger partial charge in [0.15, 0.2) is 6.10 Å². The lowest BCUT2D eigenvalue weighted by Crippen LogP contribution is -2.41. The van der Waals surface area contributed by atoms with Crippen molar-refractivity contribution >= 4 is 5.91 Å². The molecule has 0 aliphatic carbocycles. The van der Waals surface area contributed by atoms with Crippen LogP contribution in [0.3, 0.4) is 0 Å². The number of hydrogen-bond donors (Lipinski definition) is 2. The summed E-state index contributed by atoms with van der Waals surface area (Å²) in [5.41, 5.74) is 0. The van der Waals surface area contributed by atoms with Gasteiger partial charge >= 0.3 is 0 Å². The minimum absolute atomic E-state index is 0.0128. The highest BCUT2D eigenvalue weighted by Gasteiger charge is 2.16. The summed E-state index contributed by atoms with van der Waals surface area (Å²) in [6.45, 7) is 3.63. The normalized spacial score (nSPS) is 12.2. The predicted molar refractivity (Wildman–Crippen MR) is 61.2 cm³/mol. The Morgan fingerprint density at radius 1 is 1.38 bits per heavy atom. The van der Waals surface area contributed by atoms with Gasteiger partial charge in [-0.25, -0.2) is 0 Å². The first-order valence-electron chi connectivity index (χ1n) is 5.26. The monoisotopic (exact) mass is 223 g/mol. The number of aliphatic hydroxyl groups is 1. The highest BCUT2D eigenvalue weighted by molar-refractivity contribution is 5.80. The van der Waals surface area contributed by atoms with Gasteiger partial charge in [-0.15, -0.1) is 0 Å². The molecule has 88 valence electrons. The third-order valence-corrected chi connectivity index (χ3v) is 1.88. The molecule has 0 saturated carbocycles. The van der Waals surface area contributed by atoms with E-state index in [2.05, 4.69) is 5.32 Å². The summed E-state index contributed by atoms with van der Waals surface area (Å²) in [5.74, 6) is 0.227. The van der Waals surface area contributed by atoms with Gasteiger partial charge < -0.3 is 15.2 Å². The fourth-order valence-corrected chi connectivity index (χ4v) is 1.15. The number of aliphatic hydroxyl groups excluding tert-OH is 1. The van der Waals surface area contributed by atoms with Crippen molar-refractivity contribution < 1.29 is 14.6 Å². The molecule has 1 rings (SSSR count). The number of benzene rings is 1. The standard InChI is InChI=1S/C12H17NO3/c1-9(2)13-12(15)11(14)8-16-10-6-4-3-5-7-10/h3-7,9,11,14H,8H2,1-2H3,(H,13,15). The Labute approximate surface area is 95.2 Å². The highest BCUT2D eigenvalue weighted by Crippen LogP contribution is 2.08. The second-order valence-corrected chi connectivity index (χ2v) is 3.80. The molecule has 1 unspecified atom stereocenters. The average molecular weight is 223 g/mol. The van der Waals surface area contributed by atoms with Gasteiger partial charge in [0, 0.05) is 6.04 Å². The van der Waals surface area contributed by atoms with Gasteiger partial charge in [0.05, 0.1) is 0 Å². The predicted octanol–water partition coefficient (Wildman–Crippen LogP) is 0.951. The Morgan fingerprint density at radius 3 is 2.56 bits per heavy atom. The summed E-state index contributed by atoms with van der Waals surface area (Å²) in [4.78, 5) is 11.3. The van der Waals surface area contributed by atoms with E-state index < -0.39 is 12.0 Å². The summed E-state index contributed by atoms with van der Waals surface area (Å²) in [6.07, 6.45) is -1.14. The van der Waals surface area contributed by atoms with E-state index >= 15 is 0 Å². The molecule has 0 bridgehead atoms. The number of ether oxygens (including phenoxy) is 1. The van der Waals surface area contributed by atoms with E-state index in [1.807, 2.05) is 32.0 Å². The van der Waals surface area contributed by atoms with Crippen LogP contribution in [0.25, 0.3) is 0 Å². The Balaban J connectivity index is 2.35. The third kappa shape index (κ3) is 4.31. The van der Waals surface area contributed by atoms with E-state index in [1.165, 1.54) is 0 Å². The van der Waals surface area contributed by atoms with E-state index in [0.717, 1.165) is 0 Å². The molecule has 0 aliphatic heterocycles. The Morgan fingerprint density at radius 2 is 2.00 bits per heavy atom. The van der Waals surface area contributed by atoms with Gasteiger partial charge in [-0.1, -0.05) is 18.2 Å².